The van der Waals surface area contributed by atoms with Crippen molar-refractivity contribution in [1.82, 2.24) is 10.6 Å². The van der Waals surface area contributed by atoms with Crippen LogP contribution in [0.2, 0.25) is 0 Å². The van der Waals surface area contributed by atoms with Crippen LogP contribution in [0, 0.1) is 0 Å². The maximum atomic E-state index is 12.2. The van der Waals surface area contributed by atoms with E-state index >= 15 is 0 Å². The molecule has 2 aromatic carbocycles. The van der Waals surface area contributed by atoms with Crippen molar-refractivity contribution in [3.63, 3.8) is 0 Å². The number of rotatable bonds is 24. The highest BCUT2D eigenvalue weighted by Crippen LogP contribution is 2.44. The molecule has 0 atom stereocenters. The summed E-state index contributed by atoms with van der Waals surface area (Å²) in [6.07, 6.45) is -0.468. The summed E-state index contributed by atoms with van der Waals surface area (Å²) in [7, 11) is 0. The minimum atomic E-state index is -1.13. The van der Waals surface area contributed by atoms with Crippen molar-refractivity contribution in [3.8, 4) is 11.1 Å². The second-order valence-corrected chi connectivity index (χ2v) is 9.55. The highest BCUT2D eigenvalue weighted by molar-refractivity contribution is 5.79. The zero-order chi connectivity index (χ0) is 31.2. The number of fused-ring (bicyclic) bond motifs is 3. The molecule has 3 rings (SSSR count). The minimum absolute atomic E-state index is 0.0269. The van der Waals surface area contributed by atoms with Gasteiger partial charge in [0.2, 0.25) is 5.91 Å². The lowest BCUT2D eigenvalue weighted by atomic mass is 9.98. The zero-order valence-corrected chi connectivity index (χ0v) is 24.8. The Kier molecular flexibility index (Phi) is 16.8. The first-order chi connectivity index (χ1) is 21.6. The average molecular weight is 619 g/mol. The van der Waals surface area contributed by atoms with Crippen molar-refractivity contribution >= 4 is 18.0 Å². The number of carboxylic acids is 1. The van der Waals surface area contributed by atoms with E-state index < -0.39 is 24.6 Å². The smallest absolute Gasteiger partial charge is 0.407 e. The Balaban J connectivity index is 1.04. The van der Waals surface area contributed by atoms with Crippen molar-refractivity contribution in [2.75, 3.05) is 99.0 Å². The number of amides is 2. The molecule has 2 aromatic rings. The van der Waals surface area contributed by atoms with Crippen LogP contribution in [-0.2, 0) is 42.7 Å². The molecule has 0 unspecified atom stereocenters. The summed E-state index contributed by atoms with van der Waals surface area (Å²) in [6, 6.07) is 16.4. The molecule has 0 saturated heterocycles. The lowest BCUT2D eigenvalue weighted by Crippen LogP contribution is -2.31. The fourth-order valence-electron chi connectivity index (χ4n) is 4.40. The molecule has 0 heterocycles. The molecule has 44 heavy (non-hydrogen) atoms. The van der Waals surface area contributed by atoms with Crippen molar-refractivity contribution in [3.05, 3.63) is 59.7 Å². The van der Waals surface area contributed by atoms with E-state index in [1.807, 2.05) is 24.3 Å². The number of carboxylic acid groups (broad SMARTS) is 1. The summed E-state index contributed by atoms with van der Waals surface area (Å²) >= 11 is 0. The van der Waals surface area contributed by atoms with Gasteiger partial charge >= 0.3 is 12.1 Å². The first-order valence-corrected chi connectivity index (χ1v) is 14.6. The van der Waals surface area contributed by atoms with Gasteiger partial charge < -0.3 is 48.9 Å². The summed E-state index contributed by atoms with van der Waals surface area (Å²) in [4.78, 5) is 33.8. The number of hydrogen-bond acceptors (Lipinski definition) is 10. The first kappa shape index (κ1) is 34.9. The highest BCUT2D eigenvalue weighted by atomic mass is 16.6. The van der Waals surface area contributed by atoms with Crippen molar-refractivity contribution in [2.24, 2.45) is 0 Å². The van der Waals surface area contributed by atoms with Crippen LogP contribution in [0.5, 0.6) is 0 Å². The number of hydrogen-bond donors (Lipinski definition) is 3. The molecule has 1 aliphatic carbocycles. The van der Waals surface area contributed by atoms with Gasteiger partial charge in [0.25, 0.3) is 0 Å². The topological polar surface area (TPSA) is 160 Å². The molecule has 13 nitrogen and oxygen atoms in total. The molecule has 0 fully saturated rings. The van der Waals surface area contributed by atoms with Gasteiger partial charge in [-0.25, -0.2) is 9.59 Å². The predicted octanol–water partition coefficient (Wildman–Crippen LogP) is 1.83. The molecule has 0 bridgehead atoms. The average Bonchev–Trinajstić information content (AvgIpc) is 3.34. The molecule has 1 aliphatic rings. The van der Waals surface area contributed by atoms with Crippen LogP contribution in [-0.4, -0.2) is 122 Å². The van der Waals surface area contributed by atoms with E-state index in [4.69, 9.17) is 33.5 Å². The number of nitrogens with one attached hydrogen (secondary N) is 2. The van der Waals surface area contributed by atoms with Crippen LogP contribution in [0.4, 0.5) is 4.79 Å². The quantitative estimate of drug-likeness (QED) is 0.147. The maximum absolute atomic E-state index is 12.2. The SMILES string of the molecule is O=C(O)COCC(=O)NCCOCCOCCOCCOCCOCCNC(=O)OCC1c2ccccc2-c2ccccc21. The van der Waals surface area contributed by atoms with E-state index in [1.165, 1.54) is 22.3 Å². The van der Waals surface area contributed by atoms with Crippen LogP contribution >= 0.6 is 0 Å². The van der Waals surface area contributed by atoms with E-state index in [-0.39, 0.29) is 19.1 Å². The molecule has 0 saturated carbocycles. The molecule has 242 valence electrons. The van der Waals surface area contributed by atoms with Gasteiger partial charge in [-0.2, -0.15) is 0 Å². The Morgan fingerprint density at radius 3 is 1.55 bits per heavy atom. The number of carbonyl (C=O) groups excluding carboxylic acids is 2. The van der Waals surface area contributed by atoms with Gasteiger partial charge in [-0.05, 0) is 22.3 Å². The van der Waals surface area contributed by atoms with Gasteiger partial charge in [0.15, 0.2) is 0 Å². The predicted molar refractivity (Wildman–Crippen MR) is 159 cm³/mol. The van der Waals surface area contributed by atoms with Crippen LogP contribution in [0.3, 0.4) is 0 Å². The van der Waals surface area contributed by atoms with Crippen LogP contribution in [0.15, 0.2) is 48.5 Å². The largest absolute Gasteiger partial charge is 0.480 e. The summed E-state index contributed by atoms with van der Waals surface area (Å²) in [5.74, 6) is -1.50. The van der Waals surface area contributed by atoms with Gasteiger partial charge in [0, 0.05) is 19.0 Å². The number of alkyl carbamates (subject to hydrolysis) is 1. The number of ether oxygens (including phenoxy) is 7. The summed E-state index contributed by atoms with van der Waals surface area (Å²) < 4.78 is 37.3. The molecule has 13 heteroatoms. The fourth-order valence-corrected chi connectivity index (χ4v) is 4.40. The third kappa shape index (κ3) is 13.4. The molecule has 0 aromatic heterocycles. The number of carbonyl (C=O) groups is 3. The molecular formula is C31H42N2O11. The van der Waals surface area contributed by atoms with Gasteiger partial charge in [-0.15, -0.1) is 0 Å². The van der Waals surface area contributed by atoms with Gasteiger partial charge in [-0.3, -0.25) is 4.79 Å². The maximum Gasteiger partial charge on any atom is 0.407 e. The third-order valence-corrected chi connectivity index (χ3v) is 6.37. The van der Waals surface area contributed by atoms with E-state index in [2.05, 4.69) is 39.6 Å². The Bertz CT molecular complexity index is 1100. The van der Waals surface area contributed by atoms with E-state index in [9.17, 15) is 14.4 Å². The molecule has 0 aliphatic heterocycles. The Morgan fingerprint density at radius 2 is 1.05 bits per heavy atom. The lowest BCUT2D eigenvalue weighted by molar-refractivity contribution is -0.143. The first-order valence-electron chi connectivity index (χ1n) is 14.6. The normalized spacial score (nSPS) is 12.0. The standard InChI is InChI=1S/C31H42N2O11/c34-29(22-43-23-30(35)36)32-9-11-38-13-15-40-17-19-42-20-18-41-16-14-39-12-10-33-31(37)44-21-28-26-7-3-1-5-24(26)25-6-2-4-8-27(25)28/h1-8,28H,9-23H2,(H,32,34)(H,33,37)(H,35,36). The molecule has 3 N–H and O–H groups in total. The number of benzene rings is 2. The van der Waals surface area contributed by atoms with Crippen LogP contribution < -0.4 is 10.6 Å². The van der Waals surface area contributed by atoms with Gasteiger partial charge in [0.1, 0.15) is 19.8 Å². The second-order valence-electron chi connectivity index (χ2n) is 9.55. The molecule has 0 spiro atoms. The molecular weight excluding hydrogens is 576 g/mol. The Hall–Kier alpha value is -3.59. The van der Waals surface area contributed by atoms with Crippen molar-refractivity contribution < 1.29 is 52.6 Å². The molecule has 0 radical (unpaired) electrons. The monoisotopic (exact) mass is 618 g/mol. The Morgan fingerprint density at radius 1 is 0.591 bits per heavy atom. The van der Waals surface area contributed by atoms with E-state index in [1.54, 1.807) is 0 Å². The molecule has 2 amide bonds. The highest BCUT2D eigenvalue weighted by Gasteiger charge is 2.28. The van der Waals surface area contributed by atoms with Crippen LogP contribution in [0.25, 0.3) is 11.1 Å². The minimum Gasteiger partial charge on any atom is -0.480 e. The van der Waals surface area contributed by atoms with Gasteiger partial charge in [-0.1, -0.05) is 48.5 Å². The summed E-state index contributed by atoms with van der Waals surface area (Å²) in [6.45, 7) is 4.02. The van der Waals surface area contributed by atoms with Crippen molar-refractivity contribution in [2.45, 2.75) is 5.92 Å². The van der Waals surface area contributed by atoms with Crippen molar-refractivity contribution in [1.29, 1.82) is 0 Å². The van der Waals surface area contributed by atoms with Crippen LogP contribution in [0.1, 0.15) is 17.0 Å². The summed E-state index contributed by atoms with van der Waals surface area (Å²) in [5, 5.41) is 13.7. The van der Waals surface area contributed by atoms with E-state index in [0.29, 0.717) is 79.2 Å². The second kappa shape index (κ2) is 21.2. The summed E-state index contributed by atoms with van der Waals surface area (Å²) in [5.41, 5.74) is 4.73. The number of aliphatic carboxylic acids is 1. The third-order valence-electron chi connectivity index (χ3n) is 6.37. The Labute approximate surface area is 257 Å². The van der Waals surface area contributed by atoms with E-state index in [0.717, 1.165) is 0 Å². The fraction of sp³-hybridized carbons (Fsp3) is 0.516. The zero-order valence-electron chi connectivity index (χ0n) is 24.8. The lowest BCUT2D eigenvalue weighted by Gasteiger charge is -2.14. The van der Waals surface area contributed by atoms with Gasteiger partial charge in [0.05, 0.1) is 66.1 Å².